The Morgan fingerprint density at radius 3 is 2.38 bits per heavy atom. The molecule has 3 N–H and O–H groups in total. The van der Waals surface area contributed by atoms with Crippen LogP contribution in [0.5, 0.6) is 0 Å². The van der Waals surface area contributed by atoms with Crippen molar-refractivity contribution < 1.29 is 0 Å². The Labute approximate surface area is 127 Å². The second-order valence-electron chi connectivity index (χ2n) is 5.22. The quantitative estimate of drug-likeness (QED) is 0.875. The molecule has 0 aliphatic carbocycles. The molecule has 0 aliphatic rings. The highest BCUT2D eigenvalue weighted by molar-refractivity contribution is 5.66. The Hall–Kier alpha value is -2.23. The molecule has 4 nitrogen and oxygen atoms in total. The van der Waals surface area contributed by atoms with Crippen LogP contribution < -0.4 is 16.0 Å². The van der Waals surface area contributed by atoms with Gasteiger partial charge < -0.3 is 16.0 Å². The fourth-order valence-corrected chi connectivity index (χ4v) is 2.35. The van der Waals surface area contributed by atoms with Crippen LogP contribution in [0.15, 0.2) is 30.5 Å². The van der Waals surface area contributed by atoms with Gasteiger partial charge in [0.25, 0.3) is 0 Å². The summed E-state index contributed by atoms with van der Waals surface area (Å²) in [5, 5.41) is 3.36. The molecule has 21 heavy (non-hydrogen) atoms. The summed E-state index contributed by atoms with van der Waals surface area (Å²) >= 11 is 0. The van der Waals surface area contributed by atoms with E-state index in [-0.39, 0.29) is 0 Å². The molecule has 2 aromatic rings. The summed E-state index contributed by atoms with van der Waals surface area (Å²) in [6, 6.07) is 8.43. The molecule has 0 saturated heterocycles. The molecule has 0 saturated carbocycles. The van der Waals surface area contributed by atoms with Gasteiger partial charge in [0.2, 0.25) is 0 Å². The summed E-state index contributed by atoms with van der Waals surface area (Å²) in [6.07, 6.45) is 1.69. The van der Waals surface area contributed by atoms with Gasteiger partial charge in [-0.05, 0) is 63.1 Å². The van der Waals surface area contributed by atoms with Crippen molar-refractivity contribution in [1.82, 2.24) is 4.98 Å². The number of anilines is 4. The predicted octanol–water partition coefficient (Wildman–Crippen LogP) is 3.87. The van der Waals surface area contributed by atoms with Gasteiger partial charge in [0, 0.05) is 24.5 Å². The zero-order valence-corrected chi connectivity index (χ0v) is 13.3. The molecule has 0 aliphatic heterocycles. The van der Waals surface area contributed by atoms with Crippen molar-refractivity contribution in [2.45, 2.75) is 27.7 Å². The lowest BCUT2D eigenvalue weighted by molar-refractivity contribution is 0.866. The van der Waals surface area contributed by atoms with Gasteiger partial charge in [-0.25, -0.2) is 4.98 Å². The van der Waals surface area contributed by atoms with E-state index in [1.54, 1.807) is 6.20 Å². The molecule has 0 radical (unpaired) electrons. The Kier molecular flexibility index (Phi) is 4.68. The highest BCUT2D eigenvalue weighted by Gasteiger charge is 2.06. The third-order valence-corrected chi connectivity index (χ3v) is 3.75. The molecule has 112 valence electrons. The highest BCUT2D eigenvalue weighted by Crippen LogP contribution is 2.25. The number of nitrogens with two attached hydrogens (primary N) is 1. The highest BCUT2D eigenvalue weighted by atomic mass is 15.1. The number of nitrogens with one attached hydrogen (secondary N) is 1. The van der Waals surface area contributed by atoms with E-state index in [1.807, 2.05) is 13.0 Å². The second-order valence-corrected chi connectivity index (χ2v) is 5.22. The average molecular weight is 284 g/mol. The second kappa shape index (κ2) is 6.48. The molecule has 2 rings (SSSR count). The monoisotopic (exact) mass is 284 g/mol. The normalized spacial score (nSPS) is 10.5. The number of nitrogen functional groups attached to an aromatic ring is 1. The number of rotatable bonds is 5. The number of hydrogen-bond donors (Lipinski definition) is 2. The van der Waals surface area contributed by atoms with Crippen molar-refractivity contribution in [1.29, 1.82) is 0 Å². The number of pyridine rings is 1. The van der Waals surface area contributed by atoms with Gasteiger partial charge >= 0.3 is 0 Å². The van der Waals surface area contributed by atoms with Crippen LogP contribution in [0.1, 0.15) is 25.0 Å². The van der Waals surface area contributed by atoms with Gasteiger partial charge in [-0.1, -0.05) is 0 Å². The van der Waals surface area contributed by atoms with Crippen LogP contribution in [-0.2, 0) is 0 Å². The van der Waals surface area contributed by atoms with Crippen molar-refractivity contribution >= 4 is 22.9 Å². The lowest BCUT2D eigenvalue weighted by atomic mass is 10.1. The van der Waals surface area contributed by atoms with E-state index in [0.29, 0.717) is 5.69 Å². The Bertz CT molecular complexity index is 618. The maximum Gasteiger partial charge on any atom is 0.130 e. The number of nitrogens with zero attached hydrogens (tertiary/aromatic N) is 2. The van der Waals surface area contributed by atoms with Gasteiger partial charge in [-0.2, -0.15) is 0 Å². The summed E-state index contributed by atoms with van der Waals surface area (Å²) in [6.45, 7) is 10.5. The Morgan fingerprint density at radius 2 is 1.81 bits per heavy atom. The van der Waals surface area contributed by atoms with Crippen LogP contribution in [0.2, 0.25) is 0 Å². The molecule has 0 spiro atoms. The van der Waals surface area contributed by atoms with E-state index < -0.39 is 0 Å². The molecular formula is C17H24N4. The zero-order valence-electron chi connectivity index (χ0n) is 13.3. The van der Waals surface area contributed by atoms with E-state index in [2.05, 4.69) is 54.2 Å². The molecule has 0 unspecified atom stereocenters. The molecule has 4 heteroatoms. The zero-order chi connectivity index (χ0) is 15.4. The molecule has 0 amide bonds. The van der Waals surface area contributed by atoms with Crippen molar-refractivity contribution in [3.8, 4) is 0 Å². The van der Waals surface area contributed by atoms with Crippen LogP contribution in [0.25, 0.3) is 0 Å². The minimum absolute atomic E-state index is 0.717. The van der Waals surface area contributed by atoms with E-state index in [1.165, 1.54) is 11.3 Å². The number of benzene rings is 1. The van der Waals surface area contributed by atoms with Gasteiger partial charge in [0.05, 0.1) is 11.9 Å². The van der Waals surface area contributed by atoms with Gasteiger partial charge in [-0.15, -0.1) is 0 Å². The van der Waals surface area contributed by atoms with Crippen LogP contribution in [-0.4, -0.2) is 18.1 Å². The van der Waals surface area contributed by atoms with Crippen LogP contribution >= 0.6 is 0 Å². The first kappa shape index (κ1) is 15.2. The summed E-state index contributed by atoms with van der Waals surface area (Å²) in [5.41, 5.74) is 11.1. The van der Waals surface area contributed by atoms with Crippen molar-refractivity contribution in [3.63, 3.8) is 0 Å². The van der Waals surface area contributed by atoms with Crippen molar-refractivity contribution in [3.05, 3.63) is 41.6 Å². The fourth-order valence-electron chi connectivity index (χ4n) is 2.35. The SMILES string of the molecule is CCN(CC)c1ccc(Nc2cc(C)c(N)cn2)c(C)c1. The Morgan fingerprint density at radius 1 is 1.10 bits per heavy atom. The predicted molar refractivity (Wildman–Crippen MR) is 91.4 cm³/mol. The van der Waals surface area contributed by atoms with Crippen LogP contribution in [0.3, 0.4) is 0 Å². The van der Waals surface area contributed by atoms with E-state index >= 15 is 0 Å². The molecule has 1 heterocycles. The van der Waals surface area contributed by atoms with Crippen LogP contribution in [0.4, 0.5) is 22.9 Å². The third kappa shape index (κ3) is 3.45. The first-order chi connectivity index (χ1) is 10.0. The molecule has 0 fully saturated rings. The fraction of sp³-hybridized carbons (Fsp3) is 0.353. The standard InChI is InChI=1S/C17H24N4/c1-5-21(6-2)14-7-8-16(13(4)9-14)20-17-10-12(3)15(18)11-19-17/h7-11H,5-6,18H2,1-4H3,(H,19,20). The minimum atomic E-state index is 0.717. The van der Waals surface area contributed by atoms with Crippen LogP contribution in [0, 0.1) is 13.8 Å². The van der Waals surface area contributed by atoms with Crippen molar-refractivity contribution in [2.75, 3.05) is 29.0 Å². The lowest BCUT2D eigenvalue weighted by Crippen LogP contribution is -2.21. The molecule has 1 aromatic heterocycles. The first-order valence-electron chi connectivity index (χ1n) is 7.39. The third-order valence-electron chi connectivity index (χ3n) is 3.75. The molecule has 1 aromatic carbocycles. The summed E-state index contributed by atoms with van der Waals surface area (Å²) < 4.78 is 0. The number of aryl methyl sites for hydroxylation is 2. The smallest absolute Gasteiger partial charge is 0.130 e. The first-order valence-corrected chi connectivity index (χ1v) is 7.39. The average Bonchev–Trinajstić information content (AvgIpc) is 2.47. The number of hydrogen-bond acceptors (Lipinski definition) is 4. The number of aromatic nitrogens is 1. The Balaban J connectivity index is 2.23. The molecule has 0 atom stereocenters. The summed E-state index contributed by atoms with van der Waals surface area (Å²) in [5.74, 6) is 0.820. The van der Waals surface area contributed by atoms with Gasteiger partial charge in [0.15, 0.2) is 0 Å². The van der Waals surface area contributed by atoms with Gasteiger partial charge in [-0.3, -0.25) is 0 Å². The maximum absolute atomic E-state index is 5.80. The maximum atomic E-state index is 5.80. The minimum Gasteiger partial charge on any atom is -0.397 e. The summed E-state index contributed by atoms with van der Waals surface area (Å²) in [7, 11) is 0. The van der Waals surface area contributed by atoms with E-state index in [9.17, 15) is 0 Å². The lowest BCUT2D eigenvalue weighted by Gasteiger charge is -2.22. The molecular weight excluding hydrogens is 260 g/mol. The molecule has 0 bridgehead atoms. The van der Waals surface area contributed by atoms with E-state index in [0.717, 1.165) is 30.2 Å². The summed E-state index contributed by atoms with van der Waals surface area (Å²) in [4.78, 5) is 6.65. The topological polar surface area (TPSA) is 54.2 Å². The van der Waals surface area contributed by atoms with Gasteiger partial charge in [0.1, 0.15) is 5.82 Å². The largest absolute Gasteiger partial charge is 0.397 e. The van der Waals surface area contributed by atoms with E-state index in [4.69, 9.17) is 5.73 Å². The van der Waals surface area contributed by atoms with Crippen molar-refractivity contribution in [2.24, 2.45) is 0 Å².